The quantitative estimate of drug-likeness (QED) is 0.678. The highest BCUT2D eigenvalue weighted by atomic mass is 32.2. The van der Waals surface area contributed by atoms with Gasteiger partial charge in [-0.2, -0.15) is 0 Å². The second-order valence-corrected chi connectivity index (χ2v) is 9.29. The SMILES string of the molecule is CC(C)(C)OC(=O)C12OCOC1OCCN2CCNS(=O)(=O)c1ccccc1. The Hall–Kier alpha value is -1.56. The molecule has 0 spiro atoms. The second-order valence-electron chi connectivity index (χ2n) is 7.53. The summed E-state index contributed by atoms with van der Waals surface area (Å²) in [6.45, 7) is 6.15. The summed E-state index contributed by atoms with van der Waals surface area (Å²) in [5, 5.41) is 0. The highest BCUT2D eigenvalue weighted by Crippen LogP contribution is 2.35. The van der Waals surface area contributed by atoms with Crippen LogP contribution in [-0.2, 0) is 33.8 Å². The highest BCUT2D eigenvalue weighted by molar-refractivity contribution is 7.89. The zero-order valence-corrected chi connectivity index (χ0v) is 17.0. The molecular formula is C18H26N2O7S. The molecule has 1 aromatic rings. The van der Waals surface area contributed by atoms with Crippen LogP contribution in [-0.4, -0.2) is 69.9 Å². The number of morpholine rings is 1. The third-order valence-electron chi connectivity index (χ3n) is 4.34. The van der Waals surface area contributed by atoms with E-state index in [2.05, 4.69) is 4.72 Å². The van der Waals surface area contributed by atoms with Gasteiger partial charge in [0.2, 0.25) is 16.3 Å². The molecule has 0 bridgehead atoms. The Morgan fingerprint density at radius 3 is 2.68 bits per heavy atom. The van der Waals surface area contributed by atoms with Crippen LogP contribution in [0.25, 0.3) is 0 Å². The van der Waals surface area contributed by atoms with Crippen LogP contribution < -0.4 is 4.72 Å². The van der Waals surface area contributed by atoms with E-state index in [1.54, 1.807) is 43.9 Å². The molecule has 0 amide bonds. The maximum Gasteiger partial charge on any atom is 0.360 e. The lowest BCUT2D eigenvalue weighted by Crippen LogP contribution is -2.67. The molecule has 2 saturated heterocycles. The number of benzene rings is 1. The molecule has 2 heterocycles. The minimum atomic E-state index is -3.65. The summed E-state index contributed by atoms with van der Waals surface area (Å²) in [5.41, 5.74) is -2.27. The van der Waals surface area contributed by atoms with E-state index in [1.807, 2.05) is 0 Å². The van der Waals surface area contributed by atoms with E-state index >= 15 is 0 Å². The number of nitrogens with one attached hydrogen (secondary N) is 1. The smallest absolute Gasteiger partial charge is 0.360 e. The number of nitrogens with zero attached hydrogens (tertiary/aromatic N) is 1. The Bertz CT molecular complexity index is 794. The first-order chi connectivity index (χ1) is 13.2. The van der Waals surface area contributed by atoms with Crippen molar-refractivity contribution in [3.8, 4) is 0 Å². The topological polar surface area (TPSA) is 103 Å². The lowest BCUT2D eigenvalue weighted by molar-refractivity contribution is -0.255. The molecule has 2 aliphatic rings. The van der Waals surface area contributed by atoms with Gasteiger partial charge in [-0.1, -0.05) is 18.2 Å². The number of ether oxygens (including phenoxy) is 4. The number of hydrogen-bond donors (Lipinski definition) is 1. The molecule has 28 heavy (non-hydrogen) atoms. The van der Waals surface area contributed by atoms with Crippen LogP contribution in [0.5, 0.6) is 0 Å². The monoisotopic (exact) mass is 414 g/mol. The zero-order valence-electron chi connectivity index (χ0n) is 16.2. The maximum atomic E-state index is 12.9. The van der Waals surface area contributed by atoms with Crippen LogP contribution in [0, 0.1) is 0 Å². The first-order valence-corrected chi connectivity index (χ1v) is 10.5. The molecular weight excluding hydrogens is 388 g/mol. The van der Waals surface area contributed by atoms with Crippen molar-refractivity contribution in [3.05, 3.63) is 30.3 Å². The molecule has 9 nitrogen and oxygen atoms in total. The van der Waals surface area contributed by atoms with Crippen molar-refractivity contribution in [3.63, 3.8) is 0 Å². The maximum absolute atomic E-state index is 12.9. The first kappa shape index (κ1) is 21.2. The van der Waals surface area contributed by atoms with E-state index in [1.165, 1.54) is 12.1 Å². The Morgan fingerprint density at radius 1 is 1.29 bits per heavy atom. The van der Waals surface area contributed by atoms with Gasteiger partial charge in [-0.05, 0) is 32.9 Å². The fourth-order valence-electron chi connectivity index (χ4n) is 3.12. The van der Waals surface area contributed by atoms with E-state index in [4.69, 9.17) is 18.9 Å². The zero-order chi connectivity index (χ0) is 20.4. The predicted octanol–water partition coefficient (Wildman–Crippen LogP) is 0.666. The lowest BCUT2D eigenvalue weighted by Gasteiger charge is -2.44. The van der Waals surface area contributed by atoms with Crippen molar-refractivity contribution >= 4 is 16.0 Å². The number of carbonyl (C=O) groups is 1. The van der Waals surface area contributed by atoms with Gasteiger partial charge in [-0.3, -0.25) is 4.90 Å². The molecule has 2 atom stereocenters. The molecule has 0 saturated carbocycles. The summed E-state index contributed by atoms with van der Waals surface area (Å²) in [5.74, 6) is -0.617. The van der Waals surface area contributed by atoms with Crippen molar-refractivity contribution in [2.24, 2.45) is 0 Å². The van der Waals surface area contributed by atoms with Crippen LogP contribution in [0.15, 0.2) is 35.2 Å². The van der Waals surface area contributed by atoms with E-state index in [-0.39, 0.29) is 24.8 Å². The van der Waals surface area contributed by atoms with E-state index in [0.717, 1.165) is 0 Å². The van der Waals surface area contributed by atoms with E-state index in [0.29, 0.717) is 13.2 Å². The number of hydrogen-bond acceptors (Lipinski definition) is 8. The molecule has 0 aliphatic carbocycles. The standard InChI is InChI=1S/C18H26N2O7S/c1-17(2,3)27-15(21)18-16(25-13-26-18)24-12-11-20(18)10-9-19-28(22,23)14-7-5-4-6-8-14/h4-8,16,19H,9-13H2,1-3H3. The largest absolute Gasteiger partial charge is 0.457 e. The van der Waals surface area contributed by atoms with Gasteiger partial charge in [0.05, 0.1) is 11.5 Å². The van der Waals surface area contributed by atoms with Gasteiger partial charge in [0.15, 0.2) is 6.79 Å². The highest BCUT2D eigenvalue weighted by Gasteiger charge is 2.61. The molecule has 2 fully saturated rings. The minimum absolute atomic E-state index is 0.0812. The van der Waals surface area contributed by atoms with Gasteiger partial charge >= 0.3 is 5.97 Å². The number of fused-ring (bicyclic) bond motifs is 1. The molecule has 2 unspecified atom stereocenters. The summed E-state index contributed by atoms with van der Waals surface area (Å²) >= 11 is 0. The van der Waals surface area contributed by atoms with Crippen LogP contribution >= 0.6 is 0 Å². The molecule has 156 valence electrons. The number of carbonyl (C=O) groups excluding carboxylic acids is 1. The van der Waals surface area contributed by atoms with E-state index < -0.39 is 33.6 Å². The molecule has 0 radical (unpaired) electrons. The van der Waals surface area contributed by atoms with Crippen molar-refractivity contribution in [1.29, 1.82) is 0 Å². The van der Waals surface area contributed by atoms with Gasteiger partial charge in [0, 0.05) is 19.6 Å². The minimum Gasteiger partial charge on any atom is -0.457 e. The Balaban J connectivity index is 1.72. The van der Waals surface area contributed by atoms with Crippen molar-refractivity contribution in [2.45, 2.75) is 43.3 Å². The van der Waals surface area contributed by atoms with Crippen molar-refractivity contribution in [2.75, 3.05) is 33.0 Å². The Kier molecular flexibility index (Phi) is 6.08. The van der Waals surface area contributed by atoms with Crippen LogP contribution in [0.2, 0.25) is 0 Å². The second kappa shape index (κ2) is 8.05. The van der Waals surface area contributed by atoms with Gasteiger partial charge in [0.1, 0.15) is 5.60 Å². The lowest BCUT2D eigenvalue weighted by atomic mass is 10.1. The number of rotatable bonds is 6. The third kappa shape index (κ3) is 4.37. The third-order valence-corrected chi connectivity index (χ3v) is 5.81. The van der Waals surface area contributed by atoms with Gasteiger partial charge in [-0.15, -0.1) is 0 Å². The van der Waals surface area contributed by atoms with Crippen molar-refractivity contribution < 1.29 is 32.2 Å². The first-order valence-electron chi connectivity index (χ1n) is 9.05. The average Bonchev–Trinajstić information content (AvgIpc) is 3.07. The average molecular weight is 414 g/mol. The van der Waals surface area contributed by atoms with Crippen LogP contribution in [0.1, 0.15) is 20.8 Å². The fraction of sp³-hybridized carbons (Fsp3) is 0.611. The van der Waals surface area contributed by atoms with Crippen molar-refractivity contribution in [1.82, 2.24) is 9.62 Å². The Morgan fingerprint density at radius 2 is 2.00 bits per heavy atom. The molecule has 10 heteroatoms. The molecule has 3 rings (SSSR count). The Labute approximate surface area is 164 Å². The summed E-state index contributed by atoms with van der Waals surface area (Å²) in [4.78, 5) is 14.8. The van der Waals surface area contributed by atoms with Crippen LogP contribution in [0.3, 0.4) is 0 Å². The molecule has 1 N–H and O–H groups in total. The molecule has 0 aromatic heterocycles. The normalized spacial score (nSPS) is 26.0. The van der Waals surface area contributed by atoms with Gasteiger partial charge in [-0.25, -0.2) is 17.9 Å². The van der Waals surface area contributed by atoms with E-state index in [9.17, 15) is 13.2 Å². The summed E-state index contributed by atoms with van der Waals surface area (Å²) in [6, 6.07) is 8.09. The summed E-state index contributed by atoms with van der Waals surface area (Å²) < 4.78 is 49.5. The van der Waals surface area contributed by atoms with Crippen LogP contribution in [0.4, 0.5) is 0 Å². The number of esters is 1. The molecule has 2 aliphatic heterocycles. The summed E-state index contributed by atoms with van der Waals surface area (Å²) in [6.07, 6.45) is -0.929. The fourth-order valence-corrected chi connectivity index (χ4v) is 4.16. The summed E-state index contributed by atoms with van der Waals surface area (Å²) in [7, 11) is -3.65. The van der Waals surface area contributed by atoms with Gasteiger partial charge in [0.25, 0.3) is 5.72 Å². The predicted molar refractivity (Wildman–Crippen MR) is 98.6 cm³/mol. The van der Waals surface area contributed by atoms with Gasteiger partial charge < -0.3 is 18.9 Å². The number of sulfonamides is 1. The molecule has 1 aromatic carbocycles.